The van der Waals surface area contributed by atoms with Gasteiger partial charge in [-0.3, -0.25) is 9.36 Å². The van der Waals surface area contributed by atoms with Crippen LogP contribution in [0.15, 0.2) is 78.0 Å². The van der Waals surface area contributed by atoms with Gasteiger partial charge in [0.2, 0.25) is 5.95 Å². The van der Waals surface area contributed by atoms with Gasteiger partial charge in [0.05, 0.1) is 22.6 Å². The molecular formula is C26H23FN4O. The zero-order chi connectivity index (χ0) is 22.4. The van der Waals surface area contributed by atoms with E-state index in [2.05, 4.69) is 10.6 Å². The molecule has 1 aliphatic heterocycles. The monoisotopic (exact) mass is 426 g/mol. The number of amides is 1. The molecule has 1 amide bonds. The molecule has 1 aromatic heterocycles. The molecule has 0 bridgehead atoms. The minimum Gasteiger partial charge on any atom is -0.329 e. The summed E-state index contributed by atoms with van der Waals surface area (Å²) in [6.07, 6.45) is 0. The Morgan fingerprint density at radius 3 is 2.53 bits per heavy atom. The van der Waals surface area contributed by atoms with E-state index < -0.39 is 6.04 Å². The van der Waals surface area contributed by atoms with Crippen LogP contribution in [-0.4, -0.2) is 15.5 Å². The molecule has 160 valence electrons. The van der Waals surface area contributed by atoms with E-state index in [1.807, 2.05) is 67.8 Å². The van der Waals surface area contributed by atoms with Gasteiger partial charge in [-0.25, -0.2) is 9.37 Å². The summed E-state index contributed by atoms with van der Waals surface area (Å²) in [4.78, 5) is 18.3. The van der Waals surface area contributed by atoms with Crippen LogP contribution >= 0.6 is 0 Å². The number of carbonyl (C=O) groups excluding carboxylic acids is 1. The second-order valence-electron chi connectivity index (χ2n) is 8.18. The van der Waals surface area contributed by atoms with Crippen molar-refractivity contribution in [1.82, 2.24) is 9.55 Å². The molecule has 0 fully saturated rings. The highest BCUT2D eigenvalue weighted by atomic mass is 19.1. The molecule has 6 heteroatoms. The van der Waals surface area contributed by atoms with Gasteiger partial charge in [-0.05, 0) is 62.2 Å². The SMILES string of the molecule is CC1=C(C(=O)Nc2ccc(C)cc2C)[C@H](c2ccc(F)cc2)n2c(nc3ccccc32)N1. The number of aromatic nitrogens is 2. The lowest BCUT2D eigenvalue weighted by Gasteiger charge is -2.31. The Kier molecular flexibility index (Phi) is 4.78. The number of carbonyl (C=O) groups is 1. The molecule has 1 aliphatic rings. The normalized spacial score (nSPS) is 15.4. The van der Waals surface area contributed by atoms with Crippen LogP contribution < -0.4 is 10.6 Å². The molecule has 4 aromatic rings. The van der Waals surface area contributed by atoms with Gasteiger partial charge in [-0.2, -0.15) is 0 Å². The van der Waals surface area contributed by atoms with Crippen LogP contribution in [0.2, 0.25) is 0 Å². The first-order chi connectivity index (χ1) is 15.4. The van der Waals surface area contributed by atoms with Gasteiger partial charge in [-0.1, -0.05) is 42.0 Å². The summed E-state index contributed by atoms with van der Waals surface area (Å²) in [6.45, 7) is 5.87. The lowest BCUT2D eigenvalue weighted by atomic mass is 9.94. The number of benzene rings is 3. The maximum atomic E-state index is 13.7. The van der Waals surface area contributed by atoms with Gasteiger partial charge in [0, 0.05) is 11.4 Å². The number of anilines is 2. The van der Waals surface area contributed by atoms with Crippen LogP contribution in [0.4, 0.5) is 16.0 Å². The first kappa shape index (κ1) is 20.0. The molecule has 0 spiro atoms. The smallest absolute Gasteiger partial charge is 0.255 e. The molecule has 0 radical (unpaired) electrons. The maximum absolute atomic E-state index is 13.7. The number of hydrogen-bond acceptors (Lipinski definition) is 3. The Hall–Kier alpha value is -3.93. The molecule has 1 atom stereocenters. The largest absolute Gasteiger partial charge is 0.329 e. The van der Waals surface area contributed by atoms with Crippen molar-refractivity contribution in [2.75, 3.05) is 10.6 Å². The van der Waals surface area contributed by atoms with E-state index in [0.29, 0.717) is 17.2 Å². The van der Waals surface area contributed by atoms with Crippen molar-refractivity contribution in [1.29, 1.82) is 0 Å². The third kappa shape index (κ3) is 3.34. The second-order valence-corrected chi connectivity index (χ2v) is 8.18. The highest BCUT2D eigenvalue weighted by Crippen LogP contribution is 2.39. The summed E-state index contributed by atoms with van der Waals surface area (Å²) >= 11 is 0. The van der Waals surface area contributed by atoms with Crippen molar-refractivity contribution in [3.8, 4) is 0 Å². The number of nitrogens with one attached hydrogen (secondary N) is 2. The number of hydrogen-bond donors (Lipinski definition) is 2. The maximum Gasteiger partial charge on any atom is 0.255 e. The van der Waals surface area contributed by atoms with Crippen molar-refractivity contribution in [3.05, 3.63) is 101 Å². The van der Waals surface area contributed by atoms with E-state index in [1.165, 1.54) is 12.1 Å². The highest BCUT2D eigenvalue weighted by molar-refractivity contribution is 6.06. The van der Waals surface area contributed by atoms with Crippen LogP contribution in [-0.2, 0) is 4.79 Å². The van der Waals surface area contributed by atoms with Crippen molar-refractivity contribution in [3.63, 3.8) is 0 Å². The van der Waals surface area contributed by atoms with E-state index in [-0.39, 0.29) is 11.7 Å². The number of halogens is 1. The lowest BCUT2D eigenvalue weighted by molar-refractivity contribution is -0.113. The molecule has 5 rings (SSSR count). The second kappa shape index (κ2) is 7.64. The molecule has 0 saturated heterocycles. The number of aryl methyl sites for hydroxylation is 2. The lowest BCUT2D eigenvalue weighted by Crippen LogP contribution is -2.31. The standard InChI is InChI=1S/C26H23FN4O/c1-15-8-13-20(16(2)14-15)29-25(32)23-17(3)28-26-30-21-6-4-5-7-22(21)31(26)24(23)18-9-11-19(27)12-10-18/h4-14,24H,1-3H3,(H,28,30)(H,29,32)/t24-/m0/s1. The van der Waals surface area contributed by atoms with Crippen molar-refractivity contribution < 1.29 is 9.18 Å². The number of nitrogens with zero attached hydrogens (tertiary/aromatic N) is 2. The van der Waals surface area contributed by atoms with Crippen molar-refractivity contribution >= 4 is 28.6 Å². The molecule has 2 N–H and O–H groups in total. The number of rotatable bonds is 3. The van der Waals surface area contributed by atoms with Gasteiger partial charge >= 0.3 is 0 Å². The molecular weight excluding hydrogens is 403 g/mol. The molecule has 5 nitrogen and oxygen atoms in total. The summed E-state index contributed by atoms with van der Waals surface area (Å²) in [5, 5.41) is 6.37. The van der Waals surface area contributed by atoms with E-state index in [0.717, 1.165) is 33.4 Å². The predicted molar refractivity (Wildman–Crippen MR) is 125 cm³/mol. The van der Waals surface area contributed by atoms with Gasteiger partial charge in [0.25, 0.3) is 5.91 Å². The summed E-state index contributed by atoms with van der Waals surface area (Å²) < 4.78 is 15.7. The zero-order valence-corrected chi connectivity index (χ0v) is 18.1. The Morgan fingerprint density at radius 1 is 1.03 bits per heavy atom. The third-order valence-corrected chi connectivity index (χ3v) is 5.89. The van der Waals surface area contributed by atoms with E-state index in [4.69, 9.17) is 4.98 Å². The molecule has 0 unspecified atom stereocenters. The Labute approximate surface area is 185 Å². The minimum atomic E-state index is -0.454. The summed E-state index contributed by atoms with van der Waals surface area (Å²) in [6, 6.07) is 19.6. The highest BCUT2D eigenvalue weighted by Gasteiger charge is 2.34. The molecule has 2 heterocycles. The zero-order valence-electron chi connectivity index (χ0n) is 18.1. The summed E-state index contributed by atoms with van der Waals surface area (Å²) in [5.41, 5.74) is 6.69. The number of imidazole rings is 1. The first-order valence-electron chi connectivity index (χ1n) is 10.5. The topological polar surface area (TPSA) is 59.0 Å². The van der Waals surface area contributed by atoms with Crippen molar-refractivity contribution in [2.24, 2.45) is 0 Å². The molecule has 3 aromatic carbocycles. The first-order valence-corrected chi connectivity index (χ1v) is 10.5. The van der Waals surface area contributed by atoms with E-state index >= 15 is 0 Å². The van der Waals surface area contributed by atoms with E-state index in [1.54, 1.807) is 12.1 Å². The Bertz CT molecular complexity index is 1380. The van der Waals surface area contributed by atoms with Crippen LogP contribution in [0.3, 0.4) is 0 Å². The number of fused-ring (bicyclic) bond motifs is 3. The molecule has 32 heavy (non-hydrogen) atoms. The van der Waals surface area contributed by atoms with Crippen LogP contribution in [0.5, 0.6) is 0 Å². The summed E-state index contributed by atoms with van der Waals surface area (Å²) in [5.74, 6) is 0.126. The average Bonchev–Trinajstić information content (AvgIpc) is 3.13. The van der Waals surface area contributed by atoms with Crippen LogP contribution in [0.1, 0.15) is 29.7 Å². The van der Waals surface area contributed by atoms with Crippen molar-refractivity contribution in [2.45, 2.75) is 26.8 Å². The number of allylic oxidation sites excluding steroid dienone is 1. The fourth-order valence-electron chi connectivity index (χ4n) is 4.36. The van der Waals surface area contributed by atoms with Gasteiger partial charge in [-0.15, -0.1) is 0 Å². The number of para-hydroxylation sites is 2. The predicted octanol–water partition coefficient (Wildman–Crippen LogP) is 5.72. The average molecular weight is 426 g/mol. The minimum absolute atomic E-state index is 0.209. The quantitative estimate of drug-likeness (QED) is 0.441. The molecule has 0 aliphatic carbocycles. The fourth-order valence-corrected chi connectivity index (χ4v) is 4.36. The third-order valence-electron chi connectivity index (χ3n) is 5.89. The van der Waals surface area contributed by atoms with Gasteiger partial charge < -0.3 is 10.6 Å². The van der Waals surface area contributed by atoms with Gasteiger partial charge in [0.15, 0.2) is 0 Å². The molecule has 0 saturated carbocycles. The van der Waals surface area contributed by atoms with Gasteiger partial charge in [0.1, 0.15) is 5.82 Å². The Balaban J connectivity index is 1.65. The van der Waals surface area contributed by atoms with E-state index in [9.17, 15) is 9.18 Å². The van der Waals surface area contributed by atoms with Crippen LogP contribution in [0.25, 0.3) is 11.0 Å². The summed E-state index contributed by atoms with van der Waals surface area (Å²) in [7, 11) is 0. The fraction of sp³-hybridized carbons (Fsp3) is 0.154. The Morgan fingerprint density at radius 2 is 1.78 bits per heavy atom. The van der Waals surface area contributed by atoms with Crippen LogP contribution in [0, 0.1) is 19.7 Å².